The first-order chi connectivity index (χ1) is 17.8. The molecule has 1 atom stereocenters. The zero-order valence-electron chi connectivity index (χ0n) is 21.5. The van der Waals surface area contributed by atoms with E-state index < -0.39 is 16.1 Å². The lowest BCUT2D eigenvalue weighted by Gasteiger charge is -2.35. The van der Waals surface area contributed by atoms with Gasteiger partial charge in [-0.1, -0.05) is 30.3 Å². The summed E-state index contributed by atoms with van der Waals surface area (Å²) in [5.41, 5.74) is 9.04. The molecule has 0 aromatic heterocycles. The van der Waals surface area contributed by atoms with Crippen molar-refractivity contribution >= 4 is 27.3 Å². The van der Waals surface area contributed by atoms with Crippen LogP contribution in [0.4, 0.5) is 11.4 Å². The number of carbonyl (C=O) groups is 1. The van der Waals surface area contributed by atoms with Gasteiger partial charge in [0.2, 0.25) is 15.9 Å². The number of fused-ring (bicyclic) bond motifs is 3. The summed E-state index contributed by atoms with van der Waals surface area (Å²) < 4.78 is 29.3. The molecule has 1 amide bonds. The monoisotopic (exact) mass is 515 g/mol. The number of amides is 1. The summed E-state index contributed by atoms with van der Waals surface area (Å²) in [7, 11) is -0.0644. The molecule has 7 heteroatoms. The van der Waals surface area contributed by atoms with Crippen molar-refractivity contribution in [3.05, 3.63) is 88.0 Å². The maximum Gasteiger partial charge on any atom is 0.244 e. The molecular formula is C30H33N3O3S. The highest BCUT2D eigenvalue weighted by Gasteiger charge is 2.40. The smallest absolute Gasteiger partial charge is 0.244 e. The highest BCUT2D eigenvalue weighted by atomic mass is 32.2. The van der Waals surface area contributed by atoms with E-state index in [4.69, 9.17) is 0 Å². The fourth-order valence-corrected chi connectivity index (χ4v) is 7.77. The third kappa shape index (κ3) is 4.24. The van der Waals surface area contributed by atoms with Crippen LogP contribution in [0, 0.1) is 0 Å². The summed E-state index contributed by atoms with van der Waals surface area (Å²) in [6.45, 7) is 0.178. The summed E-state index contributed by atoms with van der Waals surface area (Å²) >= 11 is 0. The second-order valence-corrected chi connectivity index (χ2v) is 12.5. The van der Waals surface area contributed by atoms with Crippen LogP contribution in [0.15, 0.2) is 59.5 Å². The van der Waals surface area contributed by atoms with E-state index in [1.165, 1.54) is 26.6 Å². The average molecular weight is 516 g/mol. The lowest BCUT2D eigenvalue weighted by molar-refractivity contribution is -0.120. The van der Waals surface area contributed by atoms with E-state index in [-0.39, 0.29) is 17.3 Å². The number of sulfonamides is 1. The largest absolute Gasteiger partial charge is 0.378 e. The summed E-state index contributed by atoms with van der Waals surface area (Å²) in [5.74, 6) is -0.239. The summed E-state index contributed by atoms with van der Waals surface area (Å²) in [5, 5.41) is 3.27. The molecule has 192 valence electrons. The number of nitrogens with one attached hydrogen (secondary N) is 1. The molecule has 1 N–H and O–H groups in total. The number of hydrogen-bond acceptors (Lipinski definition) is 4. The molecule has 0 unspecified atom stereocenters. The number of nitrogens with zero attached hydrogens (tertiary/aromatic N) is 2. The van der Waals surface area contributed by atoms with E-state index in [9.17, 15) is 13.2 Å². The Morgan fingerprint density at radius 3 is 2.11 bits per heavy atom. The molecule has 0 radical (unpaired) electrons. The zero-order valence-corrected chi connectivity index (χ0v) is 22.3. The number of aryl methyl sites for hydroxylation is 2. The molecule has 0 fully saturated rings. The van der Waals surface area contributed by atoms with Crippen molar-refractivity contribution in [3.63, 3.8) is 0 Å². The Bertz CT molecular complexity index is 1450. The van der Waals surface area contributed by atoms with Crippen molar-refractivity contribution in [2.45, 2.75) is 62.4 Å². The lowest BCUT2D eigenvalue weighted by atomic mass is 9.94. The van der Waals surface area contributed by atoms with Crippen molar-refractivity contribution in [2.75, 3.05) is 24.3 Å². The van der Waals surface area contributed by atoms with Crippen molar-refractivity contribution in [3.8, 4) is 0 Å². The van der Waals surface area contributed by atoms with Gasteiger partial charge in [0.25, 0.3) is 0 Å². The topological polar surface area (TPSA) is 69.7 Å². The maximum absolute atomic E-state index is 14.0. The molecule has 6 nitrogen and oxygen atoms in total. The van der Waals surface area contributed by atoms with Gasteiger partial charge in [-0.05, 0) is 103 Å². The van der Waals surface area contributed by atoms with Crippen molar-refractivity contribution in [1.29, 1.82) is 0 Å². The zero-order chi connectivity index (χ0) is 25.7. The molecule has 6 rings (SSSR count). The fraction of sp³-hybridized carbons (Fsp3) is 0.367. The Kier molecular flexibility index (Phi) is 6.08. The van der Waals surface area contributed by atoms with Gasteiger partial charge in [-0.15, -0.1) is 0 Å². The molecule has 3 aromatic rings. The van der Waals surface area contributed by atoms with Gasteiger partial charge in [-0.3, -0.25) is 4.79 Å². The highest BCUT2D eigenvalue weighted by molar-refractivity contribution is 7.89. The Balaban J connectivity index is 1.38. The van der Waals surface area contributed by atoms with Crippen molar-refractivity contribution in [2.24, 2.45) is 0 Å². The molecule has 0 bridgehead atoms. The highest BCUT2D eigenvalue weighted by Crippen LogP contribution is 2.39. The number of carbonyl (C=O) groups excluding carboxylic acids is 1. The second-order valence-electron chi connectivity index (χ2n) is 10.7. The van der Waals surface area contributed by atoms with Gasteiger partial charge in [0.05, 0.1) is 4.90 Å². The van der Waals surface area contributed by atoms with Gasteiger partial charge in [0.15, 0.2) is 0 Å². The van der Waals surface area contributed by atoms with Crippen LogP contribution in [0.5, 0.6) is 0 Å². The quantitative estimate of drug-likeness (QED) is 0.544. The minimum atomic E-state index is -3.90. The first-order valence-corrected chi connectivity index (χ1v) is 14.6. The van der Waals surface area contributed by atoms with Crippen LogP contribution < -0.4 is 10.2 Å². The lowest BCUT2D eigenvalue weighted by Crippen LogP contribution is -2.50. The number of anilines is 2. The van der Waals surface area contributed by atoms with Crippen LogP contribution in [0.1, 0.15) is 46.2 Å². The van der Waals surface area contributed by atoms with Crippen molar-refractivity contribution < 1.29 is 13.2 Å². The third-order valence-corrected chi connectivity index (χ3v) is 10.1. The Morgan fingerprint density at radius 1 is 0.865 bits per heavy atom. The van der Waals surface area contributed by atoms with Gasteiger partial charge >= 0.3 is 0 Å². The first kappa shape index (κ1) is 24.2. The molecule has 2 aliphatic carbocycles. The van der Waals surface area contributed by atoms with Crippen LogP contribution in [0.2, 0.25) is 0 Å². The summed E-state index contributed by atoms with van der Waals surface area (Å²) in [4.78, 5) is 16.1. The minimum absolute atomic E-state index is 0.178. The molecule has 1 aliphatic heterocycles. The summed E-state index contributed by atoms with van der Waals surface area (Å²) in [6, 6.07) is 16.2. The van der Waals surface area contributed by atoms with Crippen LogP contribution >= 0.6 is 0 Å². The summed E-state index contributed by atoms with van der Waals surface area (Å²) in [6.07, 6.45) is 6.58. The van der Waals surface area contributed by atoms with E-state index in [0.717, 1.165) is 61.0 Å². The van der Waals surface area contributed by atoms with Crippen LogP contribution in [0.25, 0.3) is 0 Å². The first-order valence-electron chi connectivity index (χ1n) is 13.2. The molecule has 0 saturated carbocycles. The Hall–Kier alpha value is -3.16. The van der Waals surface area contributed by atoms with Crippen LogP contribution in [-0.2, 0) is 53.5 Å². The Labute approximate surface area is 219 Å². The minimum Gasteiger partial charge on any atom is -0.378 e. The van der Waals surface area contributed by atoms with E-state index in [1.54, 1.807) is 24.3 Å². The van der Waals surface area contributed by atoms with Gasteiger partial charge in [-0.2, -0.15) is 4.31 Å². The SMILES string of the molecule is CN(C)c1ccc(S(=O)(=O)N2Cc3ccccc3C[C@H]2C(=O)Nc2c3c(cc4c2CCC4)CCC3)cc1. The van der Waals surface area contributed by atoms with Crippen molar-refractivity contribution in [1.82, 2.24) is 4.31 Å². The average Bonchev–Trinajstić information content (AvgIpc) is 3.57. The van der Waals surface area contributed by atoms with E-state index in [1.807, 2.05) is 43.3 Å². The molecule has 1 heterocycles. The predicted octanol–water partition coefficient (Wildman–Crippen LogP) is 4.48. The molecule has 0 saturated heterocycles. The number of hydrogen-bond donors (Lipinski definition) is 1. The fourth-order valence-electron chi connectivity index (χ4n) is 6.20. The van der Waals surface area contributed by atoms with Gasteiger partial charge in [0, 0.05) is 32.0 Å². The standard InChI is InChI=1S/C30H33N3O3S/c1-32(2)24-13-15-25(16-14-24)37(35,36)33-19-23-8-4-3-7-20(23)18-28(33)30(34)31-29-26-11-5-9-21(26)17-22-10-6-12-27(22)29/h3-4,7-8,13-17,28H,5-6,9-12,18-19H2,1-2H3,(H,31,34)/t28-/m0/s1. The predicted molar refractivity (Wildman–Crippen MR) is 147 cm³/mol. The van der Waals surface area contributed by atoms with Gasteiger partial charge < -0.3 is 10.2 Å². The Morgan fingerprint density at radius 2 is 1.49 bits per heavy atom. The van der Waals surface area contributed by atoms with E-state index in [0.29, 0.717) is 6.42 Å². The third-order valence-electron chi connectivity index (χ3n) is 8.19. The molecule has 3 aliphatic rings. The van der Waals surface area contributed by atoms with Crippen LogP contribution in [-0.4, -0.2) is 38.8 Å². The number of benzene rings is 3. The maximum atomic E-state index is 14.0. The normalized spacial score (nSPS) is 18.7. The molecule has 0 spiro atoms. The second kappa shape index (κ2) is 9.30. The molecule has 3 aromatic carbocycles. The molecule has 37 heavy (non-hydrogen) atoms. The van der Waals surface area contributed by atoms with E-state index >= 15 is 0 Å². The van der Waals surface area contributed by atoms with E-state index in [2.05, 4.69) is 11.4 Å². The molecular weight excluding hydrogens is 482 g/mol. The van der Waals surface area contributed by atoms with Gasteiger partial charge in [-0.25, -0.2) is 8.42 Å². The van der Waals surface area contributed by atoms with Gasteiger partial charge in [0.1, 0.15) is 6.04 Å². The number of rotatable bonds is 5. The van der Waals surface area contributed by atoms with Crippen LogP contribution in [0.3, 0.4) is 0 Å².